The first kappa shape index (κ1) is 24.3. The number of nitrogens with zero attached hydrogens (tertiary/aromatic N) is 4. The van der Waals surface area contributed by atoms with E-state index in [2.05, 4.69) is 45.2 Å². The van der Waals surface area contributed by atoms with Gasteiger partial charge >= 0.3 is 0 Å². The van der Waals surface area contributed by atoms with Crippen molar-refractivity contribution in [2.75, 3.05) is 17.7 Å². The third-order valence-electron chi connectivity index (χ3n) is 6.16. The lowest BCUT2D eigenvalue weighted by atomic mass is 10.2. The van der Waals surface area contributed by atoms with E-state index >= 15 is 0 Å². The van der Waals surface area contributed by atoms with Crippen molar-refractivity contribution in [3.8, 4) is 21.3 Å². The maximum atomic E-state index is 12.8. The Morgan fingerprint density at radius 3 is 2.86 bits per heavy atom. The van der Waals surface area contributed by atoms with Gasteiger partial charge in [-0.05, 0) is 73.2 Å². The van der Waals surface area contributed by atoms with E-state index < -0.39 is 0 Å². The average Bonchev–Trinajstić information content (AvgIpc) is 3.71. The summed E-state index contributed by atoms with van der Waals surface area (Å²) in [6.07, 6.45) is 2.25. The molecule has 37 heavy (non-hydrogen) atoms. The van der Waals surface area contributed by atoms with Gasteiger partial charge in [0.05, 0.1) is 33.5 Å². The highest BCUT2D eigenvalue weighted by Gasteiger charge is 2.22. The smallest absolute Gasteiger partial charge is 0.234 e. The van der Waals surface area contributed by atoms with Crippen molar-refractivity contribution < 1.29 is 9.53 Å². The van der Waals surface area contributed by atoms with Crippen molar-refractivity contribution in [2.24, 2.45) is 0 Å². The Morgan fingerprint density at radius 1 is 1.19 bits per heavy atom. The second-order valence-corrected chi connectivity index (χ2v) is 11.9. The van der Waals surface area contributed by atoms with Crippen LogP contribution in [0.2, 0.25) is 0 Å². The quantitative estimate of drug-likeness (QED) is 0.223. The molecule has 0 saturated carbocycles. The Bertz CT molecular complexity index is 1520. The Hall–Kier alpha value is -3.05. The third-order valence-corrected chi connectivity index (χ3v) is 9.06. The molecule has 2 aromatic carbocycles. The van der Waals surface area contributed by atoms with E-state index in [9.17, 15) is 4.79 Å². The van der Waals surface area contributed by atoms with E-state index in [0.717, 1.165) is 57.1 Å². The van der Waals surface area contributed by atoms with Gasteiger partial charge in [-0.25, -0.2) is 4.98 Å². The molecule has 0 spiro atoms. The van der Waals surface area contributed by atoms with Gasteiger partial charge in [-0.2, -0.15) is 0 Å². The van der Waals surface area contributed by atoms with E-state index in [1.807, 2.05) is 41.8 Å². The molecule has 0 aliphatic carbocycles. The normalized spacial score (nSPS) is 15.4. The zero-order chi connectivity index (χ0) is 25.2. The van der Waals surface area contributed by atoms with Gasteiger partial charge in [0.2, 0.25) is 5.91 Å². The van der Waals surface area contributed by atoms with E-state index in [1.54, 1.807) is 22.7 Å². The van der Waals surface area contributed by atoms with Crippen molar-refractivity contribution in [1.82, 2.24) is 19.7 Å². The van der Waals surface area contributed by atoms with Gasteiger partial charge in [0.1, 0.15) is 5.01 Å². The lowest BCUT2D eigenvalue weighted by molar-refractivity contribution is -0.113. The number of hydrogen-bond donors (Lipinski definition) is 1. The number of rotatable bonds is 8. The summed E-state index contributed by atoms with van der Waals surface area (Å²) in [6.45, 7) is 3.57. The maximum absolute atomic E-state index is 12.8. The summed E-state index contributed by atoms with van der Waals surface area (Å²) in [5.41, 5.74) is 4.03. The SMILES string of the molecule is Cc1ccc2nc(-c3ccc(NC(=O)CSc4nnc(-c5cccs5)n4CC4CCCO4)cc3)sc2c1. The molecule has 3 aromatic heterocycles. The molecule has 10 heteroatoms. The first-order valence-electron chi connectivity index (χ1n) is 12.1. The van der Waals surface area contributed by atoms with Gasteiger partial charge in [-0.15, -0.1) is 32.9 Å². The fourth-order valence-corrected chi connectivity index (χ4v) is 6.85. The number of benzene rings is 2. The van der Waals surface area contributed by atoms with E-state index in [-0.39, 0.29) is 17.8 Å². The molecule has 0 bridgehead atoms. The van der Waals surface area contributed by atoms with Crippen LogP contribution < -0.4 is 5.32 Å². The van der Waals surface area contributed by atoms with Crippen LogP contribution >= 0.6 is 34.4 Å². The molecule has 4 heterocycles. The van der Waals surface area contributed by atoms with Crippen molar-refractivity contribution in [3.05, 3.63) is 65.5 Å². The summed E-state index contributed by atoms with van der Waals surface area (Å²) < 4.78 is 9.13. The van der Waals surface area contributed by atoms with Gasteiger partial charge < -0.3 is 10.1 Å². The molecule has 1 N–H and O–H groups in total. The monoisotopic (exact) mass is 547 g/mol. The number of amides is 1. The number of thiazole rings is 1. The predicted molar refractivity (Wildman–Crippen MR) is 151 cm³/mol. The number of hydrogen-bond acceptors (Lipinski definition) is 8. The molecule has 6 rings (SSSR count). The fraction of sp³-hybridized carbons (Fsp3) is 0.259. The largest absolute Gasteiger partial charge is 0.376 e. The molecular formula is C27H25N5O2S3. The zero-order valence-corrected chi connectivity index (χ0v) is 22.7. The van der Waals surface area contributed by atoms with E-state index in [0.29, 0.717) is 6.54 Å². The summed E-state index contributed by atoms with van der Waals surface area (Å²) in [5.74, 6) is 0.985. The van der Waals surface area contributed by atoms with Gasteiger partial charge in [-0.3, -0.25) is 9.36 Å². The molecule has 1 aliphatic heterocycles. The Balaban J connectivity index is 1.11. The average molecular weight is 548 g/mol. The molecule has 7 nitrogen and oxygen atoms in total. The highest BCUT2D eigenvalue weighted by Crippen LogP contribution is 2.32. The van der Waals surface area contributed by atoms with Crippen LogP contribution in [-0.2, 0) is 16.1 Å². The number of anilines is 1. The predicted octanol–water partition coefficient (Wildman–Crippen LogP) is 6.50. The summed E-state index contributed by atoms with van der Waals surface area (Å²) in [7, 11) is 0. The standard InChI is InChI=1S/C27H25N5O2S3/c1-17-6-11-21-23(14-17)37-26(29-21)18-7-9-19(10-8-18)28-24(33)16-36-27-31-30-25(22-5-3-13-35-22)32(27)15-20-4-2-12-34-20/h3,5-11,13-14,20H,2,4,12,15-16H2,1H3,(H,28,33). The molecule has 1 atom stereocenters. The number of aryl methyl sites for hydroxylation is 1. The van der Waals surface area contributed by atoms with Crippen LogP contribution in [0.5, 0.6) is 0 Å². The van der Waals surface area contributed by atoms with Gasteiger partial charge in [0.25, 0.3) is 0 Å². The molecular weight excluding hydrogens is 523 g/mol. The van der Waals surface area contributed by atoms with Crippen LogP contribution in [0.3, 0.4) is 0 Å². The number of ether oxygens (including phenoxy) is 1. The Labute approximate surface area is 226 Å². The minimum atomic E-state index is -0.0856. The van der Waals surface area contributed by atoms with Crippen molar-refractivity contribution in [2.45, 2.75) is 37.6 Å². The van der Waals surface area contributed by atoms with Crippen LogP contribution in [0.25, 0.3) is 31.5 Å². The molecule has 5 aromatic rings. The van der Waals surface area contributed by atoms with Crippen LogP contribution in [0.15, 0.2) is 65.1 Å². The number of thiophene rings is 1. The van der Waals surface area contributed by atoms with Crippen LogP contribution in [0, 0.1) is 6.92 Å². The maximum Gasteiger partial charge on any atom is 0.234 e. The summed E-state index contributed by atoms with van der Waals surface area (Å²) in [5, 5.41) is 15.6. The number of carbonyl (C=O) groups is 1. The number of fused-ring (bicyclic) bond motifs is 1. The molecule has 188 valence electrons. The van der Waals surface area contributed by atoms with Gasteiger partial charge in [-0.1, -0.05) is 23.9 Å². The van der Waals surface area contributed by atoms with Crippen LogP contribution in [0.1, 0.15) is 18.4 Å². The molecule has 1 fully saturated rings. The number of carbonyl (C=O) groups excluding carboxylic acids is 1. The second kappa shape index (κ2) is 10.7. The van der Waals surface area contributed by atoms with Crippen LogP contribution in [0.4, 0.5) is 5.69 Å². The Morgan fingerprint density at radius 2 is 2.08 bits per heavy atom. The van der Waals surface area contributed by atoms with Crippen LogP contribution in [-0.4, -0.2) is 44.1 Å². The summed E-state index contributed by atoms with van der Waals surface area (Å²) >= 11 is 4.71. The minimum absolute atomic E-state index is 0.0856. The van der Waals surface area contributed by atoms with Crippen molar-refractivity contribution in [3.63, 3.8) is 0 Å². The third kappa shape index (κ3) is 5.47. The number of thioether (sulfide) groups is 1. The summed E-state index contributed by atoms with van der Waals surface area (Å²) in [4.78, 5) is 18.6. The summed E-state index contributed by atoms with van der Waals surface area (Å²) in [6, 6.07) is 18.2. The minimum Gasteiger partial charge on any atom is -0.376 e. The zero-order valence-electron chi connectivity index (χ0n) is 20.2. The lowest BCUT2D eigenvalue weighted by Crippen LogP contribution is -2.18. The second-order valence-electron chi connectivity index (χ2n) is 8.93. The first-order chi connectivity index (χ1) is 18.1. The first-order valence-corrected chi connectivity index (χ1v) is 14.8. The van der Waals surface area contributed by atoms with Crippen molar-refractivity contribution in [1.29, 1.82) is 0 Å². The molecule has 1 unspecified atom stereocenters. The highest BCUT2D eigenvalue weighted by molar-refractivity contribution is 7.99. The molecule has 1 amide bonds. The lowest BCUT2D eigenvalue weighted by Gasteiger charge is -2.14. The van der Waals surface area contributed by atoms with Crippen molar-refractivity contribution >= 4 is 56.2 Å². The van der Waals surface area contributed by atoms with E-state index in [4.69, 9.17) is 9.72 Å². The number of nitrogens with one attached hydrogen (secondary N) is 1. The van der Waals surface area contributed by atoms with Gasteiger partial charge in [0.15, 0.2) is 11.0 Å². The molecule has 1 saturated heterocycles. The highest BCUT2D eigenvalue weighted by atomic mass is 32.2. The molecule has 1 aliphatic rings. The fourth-order valence-electron chi connectivity index (χ4n) is 4.32. The topological polar surface area (TPSA) is 81.9 Å². The van der Waals surface area contributed by atoms with Gasteiger partial charge in [0, 0.05) is 17.9 Å². The van der Waals surface area contributed by atoms with E-state index in [1.165, 1.54) is 22.0 Å². The molecule has 0 radical (unpaired) electrons. The number of aromatic nitrogens is 4. The Kier molecular flexibility index (Phi) is 7.06.